The Kier molecular flexibility index (Phi) is 33.1. The van der Waals surface area contributed by atoms with Gasteiger partial charge < -0.3 is 39.2 Å². The second-order valence-electron chi connectivity index (χ2n) is 27.6. The van der Waals surface area contributed by atoms with Gasteiger partial charge in [-0.25, -0.2) is 4.57 Å². The SMILES string of the molecule is CCCCCCCCCCCCCCCC(=O)OCC(COP(=O)(O)OCC1OC(OC2CCC3(C)C(=CCC4C3CCC3(C)C(C(C)CCCC(C)C)CCC43)C2)C(O)C(O)C1O)OC(=O)CCCCCCCCCCCCCCC. The van der Waals surface area contributed by atoms with E-state index in [2.05, 4.69) is 54.5 Å². The Morgan fingerprint density at radius 3 is 1.74 bits per heavy atom. The fraction of sp³-hybridized carbons (Fsp3) is 0.941. The van der Waals surface area contributed by atoms with Gasteiger partial charge in [-0.2, -0.15) is 0 Å². The van der Waals surface area contributed by atoms with Crippen molar-refractivity contribution in [2.24, 2.45) is 46.3 Å². The molecule has 82 heavy (non-hydrogen) atoms. The first kappa shape index (κ1) is 71.3. The number of aliphatic hydroxyl groups is 3. The monoisotopic (exact) mass is 1180 g/mol. The van der Waals surface area contributed by atoms with Crippen LogP contribution in [0, 0.1) is 46.3 Å². The Hall–Kier alpha value is -1.41. The van der Waals surface area contributed by atoms with Crippen LogP contribution >= 0.6 is 7.82 Å². The Morgan fingerprint density at radius 2 is 1.18 bits per heavy atom. The van der Waals surface area contributed by atoms with Gasteiger partial charge in [0.25, 0.3) is 0 Å². The molecule has 0 aromatic rings. The van der Waals surface area contributed by atoms with Gasteiger partial charge in [-0.15, -0.1) is 0 Å². The van der Waals surface area contributed by atoms with Crippen LogP contribution in [0.3, 0.4) is 0 Å². The van der Waals surface area contributed by atoms with E-state index in [0.717, 1.165) is 81.5 Å². The molecular formula is C68H123O13P. The number of esters is 2. The topological polar surface area (TPSA) is 188 Å². The molecule has 0 bridgehead atoms. The molecule has 15 unspecified atom stereocenters. The summed E-state index contributed by atoms with van der Waals surface area (Å²) >= 11 is 0. The van der Waals surface area contributed by atoms with Crippen LogP contribution in [0.4, 0.5) is 0 Å². The molecule has 1 heterocycles. The van der Waals surface area contributed by atoms with Crippen molar-refractivity contribution in [1.29, 1.82) is 0 Å². The van der Waals surface area contributed by atoms with Gasteiger partial charge in [0.1, 0.15) is 31.0 Å². The zero-order valence-electron chi connectivity index (χ0n) is 53.2. The van der Waals surface area contributed by atoms with Crippen LogP contribution < -0.4 is 0 Å². The van der Waals surface area contributed by atoms with Crippen LogP contribution in [0.2, 0.25) is 0 Å². The maximum Gasteiger partial charge on any atom is 0.472 e. The number of phosphoric ester groups is 1. The smallest absolute Gasteiger partial charge is 0.462 e. The Balaban J connectivity index is 1.07. The van der Waals surface area contributed by atoms with Crippen LogP contribution in [0.15, 0.2) is 11.6 Å². The third-order valence-corrected chi connectivity index (χ3v) is 21.7. The predicted octanol–water partition coefficient (Wildman–Crippen LogP) is 16.8. The Morgan fingerprint density at radius 1 is 0.634 bits per heavy atom. The molecule has 5 aliphatic rings. The number of unbranched alkanes of at least 4 members (excludes halogenated alkanes) is 24. The number of rotatable bonds is 44. The molecule has 4 aliphatic carbocycles. The van der Waals surface area contributed by atoms with E-state index >= 15 is 0 Å². The van der Waals surface area contributed by atoms with Crippen molar-refractivity contribution >= 4 is 19.8 Å². The average molecular weight is 1180 g/mol. The van der Waals surface area contributed by atoms with Gasteiger partial charge in [0.05, 0.1) is 19.3 Å². The summed E-state index contributed by atoms with van der Waals surface area (Å²) in [5.41, 5.74) is 1.88. The predicted molar refractivity (Wildman–Crippen MR) is 328 cm³/mol. The molecule has 0 amide bonds. The molecule has 0 spiro atoms. The lowest BCUT2D eigenvalue weighted by Crippen LogP contribution is -2.60. The van der Waals surface area contributed by atoms with Gasteiger partial charge in [-0.05, 0) is 111 Å². The van der Waals surface area contributed by atoms with Crippen LogP contribution in [-0.2, 0) is 42.1 Å². The highest BCUT2D eigenvalue weighted by atomic mass is 31.2. The van der Waals surface area contributed by atoms with Crippen LogP contribution in [0.1, 0.15) is 299 Å². The number of ether oxygens (including phenoxy) is 4. The molecule has 1 aliphatic heterocycles. The fourth-order valence-electron chi connectivity index (χ4n) is 15.7. The van der Waals surface area contributed by atoms with E-state index in [0.29, 0.717) is 36.5 Å². The van der Waals surface area contributed by atoms with Gasteiger partial charge in [0.15, 0.2) is 12.4 Å². The molecular weight excluding hydrogens is 1060 g/mol. The lowest BCUT2D eigenvalue weighted by Gasteiger charge is -2.58. The molecule has 478 valence electrons. The Bertz CT molecular complexity index is 1850. The molecule has 0 radical (unpaired) electrons. The summed E-state index contributed by atoms with van der Waals surface area (Å²) in [6.45, 7) is 15.1. The number of aliphatic hydroxyl groups excluding tert-OH is 3. The molecule has 4 fully saturated rings. The number of allylic oxidation sites excluding steroid dienone is 1. The van der Waals surface area contributed by atoms with Gasteiger partial charge in [0, 0.05) is 12.8 Å². The highest BCUT2D eigenvalue weighted by molar-refractivity contribution is 7.47. The minimum absolute atomic E-state index is 0.0716. The zero-order chi connectivity index (χ0) is 59.4. The molecule has 14 heteroatoms. The van der Waals surface area contributed by atoms with E-state index in [4.69, 9.17) is 28.0 Å². The summed E-state index contributed by atoms with van der Waals surface area (Å²) in [5.74, 6) is 3.43. The molecule has 3 saturated carbocycles. The Labute approximate surface area is 499 Å². The fourth-order valence-corrected chi connectivity index (χ4v) is 16.5. The van der Waals surface area contributed by atoms with Crippen molar-refractivity contribution in [1.82, 2.24) is 0 Å². The van der Waals surface area contributed by atoms with Crippen LogP contribution in [-0.4, -0.2) is 94.9 Å². The van der Waals surface area contributed by atoms with E-state index in [1.807, 2.05) is 0 Å². The third kappa shape index (κ3) is 23.6. The molecule has 1 saturated heterocycles. The summed E-state index contributed by atoms with van der Waals surface area (Å²) in [6, 6.07) is 0. The van der Waals surface area contributed by atoms with Crippen LogP contribution in [0.25, 0.3) is 0 Å². The first-order valence-electron chi connectivity index (χ1n) is 34.4. The number of hydrogen-bond donors (Lipinski definition) is 4. The van der Waals surface area contributed by atoms with Crippen molar-refractivity contribution < 1.29 is 62.4 Å². The largest absolute Gasteiger partial charge is 0.472 e. The quantitative estimate of drug-likeness (QED) is 0.0195. The van der Waals surface area contributed by atoms with Gasteiger partial charge in [0.2, 0.25) is 0 Å². The van der Waals surface area contributed by atoms with Gasteiger partial charge >= 0.3 is 19.8 Å². The van der Waals surface area contributed by atoms with Crippen molar-refractivity contribution in [3.05, 3.63) is 11.6 Å². The van der Waals surface area contributed by atoms with Gasteiger partial charge in [-0.3, -0.25) is 18.6 Å². The van der Waals surface area contributed by atoms with E-state index in [1.54, 1.807) is 0 Å². The molecule has 13 nitrogen and oxygen atoms in total. The summed E-state index contributed by atoms with van der Waals surface area (Å²) in [6.07, 6.45) is 37.2. The lowest BCUT2D eigenvalue weighted by atomic mass is 9.47. The summed E-state index contributed by atoms with van der Waals surface area (Å²) in [4.78, 5) is 36.9. The number of fused-ring (bicyclic) bond motifs is 5. The number of carbonyl (C=O) groups is 2. The molecule has 5 rings (SSSR count). The standard InChI is InChI=1S/C68H123O13P/c1-8-10-12-14-16-18-20-22-24-26-28-30-32-37-61(69)76-48-55(79-62(70)38-33-31-29-27-25-23-21-19-17-15-13-11-9-2)49-77-82(74,75)78-50-60-63(71)64(72)65(73)66(81-60)80-54-43-45-67(6)53(47-54)39-40-56-58-42-41-57(52(5)36-34-35-51(3)4)68(58,7)46-44-59(56)67/h39,51-52,54-60,63-66,71-73H,8-38,40-50H2,1-7H3,(H,74,75). The molecule has 4 N–H and O–H groups in total. The second kappa shape index (κ2) is 38.1. The second-order valence-corrected chi connectivity index (χ2v) is 29.1. The maximum atomic E-state index is 13.4. The van der Waals surface area contributed by atoms with E-state index in [1.165, 1.54) is 166 Å². The van der Waals surface area contributed by atoms with E-state index < -0.39 is 69.8 Å². The summed E-state index contributed by atoms with van der Waals surface area (Å²) in [5, 5.41) is 33.2. The van der Waals surface area contributed by atoms with Crippen molar-refractivity contribution in [3.8, 4) is 0 Å². The highest BCUT2D eigenvalue weighted by Crippen LogP contribution is 2.67. The third-order valence-electron chi connectivity index (χ3n) is 20.8. The average Bonchev–Trinajstić information content (AvgIpc) is 3.77. The first-order chi connectivity index (χ1) is 39.4. The molecule has 15 atom stereocenters. The molecule has 0 aromatic heterocycles. The molecule has 0 aromatic carbocycles. The number of phosphoric acid groups is 1. The summed E-state index contributed by atoms with van der Waals surface area (Å²) in [7, 11) is -4.89. The van der Waals surface area contributed by atoms with Gasteiger partial charge in [-0.1, -0.05) is 233 Å². The highest BCUT2D eigenvalue weighted by Gasteiger charge is 2.59. The van der Waals surface area contributed by atoms with Crippen molar-refractivity contribution in [3.63, 3.8) is 0 Å². The van der Waals surface area contributed by atoms with E-state index in [9.17, 15) is 34.4 Å². The number of carbonyl (C=O) groups excluding carboxylic acids is 2. The zero-order valence-corrected chi connectivity index (χ0v) is 54.1. The van der Waals surface area contributed by atoms with Crippen molar-refractivity contribution in [2.75, 3.05) is 19.8 Å². The van der Waals surface area contributed by atoms with Crippen molar-refractivity contribution in [2.45, 2.75) is 342 Å². The lowest BCUT2D eigenvalue weighted by molar-refractivity contribution is -0.312. The minimum Gasteiger partial charge on any atom is -0.462 e. The van der Waals surface area contributed by atoms with E-state index in [-0.39, 0.29) is 31.0 Å². The minimum atomic E-state index is -4.89. The maximum absolute atomic E-state index is 13.4. The number of hydrogen-bond acceptors (Lipinski definition) is 12. The summed E-state index contributed by atoms with van der Waals surface area (Å²) < 4.78 is 47.8. The normalized spacial score (nSPS) is 30.5. The first-order valence-corrected chi connectivity index (χ1v) is 35.9. The van der Waals surface area contributed by atoms with Crippen LogP contribution in [0.5, 0.6) is 0 Å².